The van der Waals surface area contributed by atoms with E-state index < -0.39 is 43.2 Å². The van der Waals surface area contributed by atoms with Crippen molar-refractivity contribution in [1.82, 2.24) is 5.48 Å². The van der Waals surface area contributed by atoms with Gasteiger partial charge in [0.2, 0.25) is 0 Å². The second-order valence-corrected chi connectivity index (χ2v) is 3.47. The van der Waals surface area contributed by atoms with Crippen LogP contribution in [0.4, 0.5) is 0 Å². The fraction of sp³-hybridized carbons (Fsp3) is 0.875. The predicted octanol–water partition coefficient (Wildman–Crippen LogP) is -3.15. The van der Waals surface area contributed by atoms with Crippen molar-refractivity contribution in [3.63, 3.8) is 0 Å². The molecule has 94 valence electrons. The third-order valence-corrected chi connectivity index (χ3v) is 2.24. The maximum atomic E-state index is 10.5. The highest BCUT2D eigenvalue weighted by Gasteiger charge is 2.44. The molecule has 0 aromatic carbocycles. The Morgan fingerprint density at radius 2 is 2.00 bits per heavy atom. The number of carbonyl (C=O) groups excluding carboxylic acids is 1. The van der Waals surface area contributed by atoms with Gasteiger partial charge in [-0.15, -0.1) is 5.48 Å². The van der Waals surface area contributed by atoms with Crippen LogP contribution in [-0.2, 0) is 14.4 Å². The van der Waals surface area contributed by atoms with Gasteiger partial charge in [-0.1, -0.05) is 0 Å². The Bertz CT molecular complexity index is 249. The number of hydroxylamine groups is 1. The summed E-state index contributed by atoms with van der Waals surface area (Å²) >= 11 is 0. The standard InChI is InChI=1S/C8H15NO7/c1-3(11)16-9-5-7(13)6(12)4(2-10)15-8(5)14/h4-10,12-14H,2H2,1H3/t4-,5+,6-,7-,8?/m1/s1. The Kier molecular flexibility index (Phi) is 4.59. The van der Waals surface area contributed by atoms with Crippen molar-refractivity contribution < 1.29 is 34.8 Å². The van der Waals surface area contributed by atoms with Gasteiger partial charge in [0, 0.05) is 6.92 Å². The summed E-state index contributed by atoms with van der Waals surface area (Å²) in [5, 5.41) is 37.2. The highest BCUT2D eigenvalue weighted by atomic mass is 16.7. The first-order valence-corrected chi connectivity index (χ1v) is 4.70. The van der Waals surface area contributed by atoms with Crippen LogP contribution >= 0.6 is 0 Å². The smallest absolute Gasteiger partial charge is 0.321 e. The van der Waals surface area contributed by atoms with E-state index in [9.17, 15) is 20.1 Å². The number of aliphatic hydroxyl groups excluding tert-OH is 4. The molecule has 1 aliphatic heterocycles. The molecule has 0 amide bonds. The maximum Gasteiger partial charge on any atom is 0.321 e. The second-order valence-electron chi connectivity index (χ2n) is 3.47. The largest absolute Gasteiger partial charge is 0.394 e. The molecule has 16 heavy (non-hydrogen) atoms. The Hall–Kier alpha value is -0.770. The van der Waals surface area contributed by atoms with E-state index in [4.69, 9.17) is 9.84 Å². The van der Waals surface area contributed by atoms with E-state index in [0.717, 1.165) is 6.92 Å². The van der Waals surface area contributed by atoms with E-state index in [1.807, 2.05) is 0 Å². The Labute approximate surface area is 91.4 Å². The van der Waals surface area contributed by atoms with E-state index in [0.29, 0.717) is 0 Å². The first-order chi connectivity index (χ1) is 7.47. The van der Waals surface area contributed by atoms with Gasteiger partial charge >= 0.3 is 5.97 Å². The summed E-state index contributed by atoms with van der Waals surface area (Å²) in [6.45, 7) is 0.581. The van der Waals surface area contributed by atoms with Gasteiger partial charge in [0.1, 0.15) is 24.4 Å². The zero-order chi connectivity index (χ0) is 12.3. The molecule has 8 heteroatoms. The molecule has 0 aromatic rings. The molecule has 5 atom stereocenters. The molecule has 1 aliphatic rings. The van der Waals surface area contributed by atoms with Gasteiger partial charge in [0.15, 0.2) is 6.29 Å². The van der Waals surface area contributed by atoms with E-state index >= 15 is 0 Å². The van der Waals surface area contributed by atoms with Crippen LogP contribution in [0.25, 0.3) is 0 Å². The van der Waals surface area contributed by atoms with Crippen LogP contribution in [0.2, 0.25) is 0 Å². The van der Waals surface area contributed by atoms with Gasteiger partial charge in [-0.25, -0.2) is 0 Å². The summed E-state index contributed by atoms with van der Waals surface area (Å²) in [4.78, 5) is 14.9. The number of aliphatic hydroxyl groups is 4. The molecular formula is C8H15NO7. The maximum absolute atomic E-state index is 10.5. The Balaban J connectivity index is 2.60. The molecule has 5 N–H and O–H groups in total. The van der Waals surface area contributed by atoms with Gasteiger partial charge in [-0.3, -0.25) is 4.79 Å². The summed E-state index contributed by atoms with van der Waals surface area (Å²) in [6.07, 6.45) is -5.41. The Morgan fingerprint density at radius 1 is 1.38 bits per heavy atom. The summed E-state index contributed by atoms with van der Waals surface area (Å²) in [6, 6.07) is -1.18. The van der Waals surface area contributed by atoms with Gasteiger partial charge in [0.05, 0.1) is 6.61 Å². The first-order valence-electron chi connectivity index (χ1n) is 4.70. The topological polar surface area (TPSA) is 128 Å². The lowest BCUT2D eigenvalue weighted by Crippen LogP contribution is -2.63. The highest BCUT2D eigenvalue weighted by molar-refractivity contribution is 5.65. The molecule has 1 unspecified atom stereocenters. The summed E-state index contributed by atoms with van der Waals surface area (Å²) in [7, 11) is 0. The molecular weight excluding hydrogens is 222 g/mol. The van der Waals surface area contributed by atoms with Crippen molar-refractivity contribution in [2.24, 2.45) is 0 Å². The minimum Gasteiger partial charge on any atom is -0.394 e. The fourth-order valence-corrected chi connectivity index (χ4v) is 1.38. The van der Waals surface area contributed by atoms with Crippen LogP contribution in [0.3, 0.4) is 0 Å². The molecule has 0 radical (unpaired) electrons. The monoisotopic (exact) mass is 237 g/mol. The lowest BCUT2D eigenvalue weighted by Gasteiger charge is -2.39. The van der Waals surface area contributed by atoms with Crippen LogP contribution in [0.15, 0.2) is 0 Å². The minimum atomic E-state index is -1.50. The van der Waals surface area contributed by atoms with Gasteiger partial charge in [-0.2, -0.15) is 0 Å². The van der Waals surface area contributed by atoms with Crippen molar-refractivity contribution in [2.75, 3.05) is 6.61 Å². The number of carbonyl (C=O) groups is 1. The number of ether oxygens (including phenoxy) is 1. The molecule has 0 aliphatic carbocycles. The van der Waals surface area contributed by atoms with Crippen LogP contribution in [0.1, 0.15) is 6.92 Å². The van der Waals surface area contributed by atoms with E-state index in [1.165, 1.54) is 0 Å². The molecule has 1 heterocycles. The minimum absolute atomic E-state index is 0.546. The fourth-order valence-electron chi connectivity index (χ4n) is 1.38. The summed E-state index contributed by atoms with van der Waals surface area (Å²) in [5.74, 6) is -0.668. The van der Waals surface area contributed by atoms with Crippen molar-refractivity contribution >= 4 is 5.97 Å². The van der Waals surface area contributed by atoms with E-state index in [1.54, 1.807) is 0 Å². The number of hydrogen-bond donors (Lipinski definition) is 5. The zero-order valence-corrected chi connectivity index (χ0v) is 8.61. The van der Waals surface area contributed by atoms with E-state index in [-0.39, 0.29) is 0 Å². The van der Waals surface area contributed by atoms with Gasteiger partial charge in [-0.05, 0) is 0 Å². The summed E-state index contributed by atoms with van der Waals surface area (Å²) < 4.78 is 4.80. The van der Waals surface area contributed by atoms with Crippen molar-refractivity contribution in [3.05, 3.63) is 0 Å². The van der Waals surface area contributed by atoms with Crippen LogP contribution < -0.4 is 5.48 Å². The molecule has 0 saturated carbocycles. The third kappa shape index (κ3) is 2.88. The number of nitrogens with one attached hydrogen (secondary N) is 1. The molecule has 1 rings (SSSR count). The average Bonchev–Trinajstić information content (AvgIpc) is 2.22. The Morgan fingerprint density at radius 3 is 2.50 bits per heavy atom. The predicted molar refractivity (Wildman–Crippen MR) is 48.7 cm³/mol. The molecule has 0 spiro atoms. The molecule has 1 fully saturated rings. The molecule has 1 saturated heterocycles. The van der Waals surface area contributed by atoms with Crippen LogP contribution in [0.5, 0.6) is 0 Å². The van der Waals surface area contributed by atoms with Gasteiger partial charge < -0.3 is 30.0 Å². The quantitative estimate of drug-likeness (QED) is 0.326. The normalized spacial score (nSPS) is 39.4. The lowest BCUT2D eigenvalue weighted by atomic mass is 9.98. The van der Waals surface area contributed by atoms with Gasteiger partial charge in [0.25, 0.3) is 0 Å². The lowest BCUT2D eigenvalue weighted by molar-refractivity contribution is -0.267. The molecule has 8 nitrogen and oxygen atoms in total. The molecule has 0 bridgehead atoms. The average molecular weight is 237 g/mol. The number of rotatable bonds is 3. The highest BCUT2D eigenvalue weighted by Crippen LogP contribution is 2.19. The summed E-state index contributed by atoms with van der Waals surface area (Å²) in [5.41, 5.74) is 2.08. The number of hydrogen-bond acceptors (Lipinski definition) is 8. The van der Waals surface area contributed by atoms with Crippen molar-refractivity contribution in [1.29, 1.82) is 0 Å². The van der Waals surface area contributed by atoms with E-state index in [2.05, 4.69) is 10.3 Å². The SMILES string of the molecule is CC(=O)ON[C@@H]1C(O)O[C@H](CO)[C@@H](O)[C@@H]1O. The first kappa shape index (κ1) is 13.3. The van der Waals surface area contributed by atoms with Crippen LogP contribution in [-0.4, -0.2) is 63.6 Å². The van der Waals surface area contributed by atoms with Crippen molar-refractivity contribution in [2.45, 2.75) is 37.6 Å². The zero-order valence-electron chi connectivity index (χ0n) is 8.61. The van der Waals surface area contributed by atoms with Crippen molar-refractivity contribution in [3.8, 4) is 0 Å². The molecule has 0 aromatic heterocycles. The third-order valence-electron chi connectivity index (χ3n) is 2.24. The second kappa shape index (κ2) is 5.53. The van der Waals surface area contributed by atoms with Crippen LogP contribution in [0, 0.1) is 0 Å².